The third-order valence-electron chi connectivity index (χ3n) is 6.31. The second kappa shape index (κ2) is 11.6. The van der Waals surface area contributed by atoms with Crippen molar-refractivity contribution < 1.29 is 4.74 Å². The van der Waals surface area contributed by atoms with E-state index in [1.807, 2.05) is 0 Å². The molecule has 4 heteroatoms. The summed E-state index contributed by atoms with van der Waals surface area (Å²) in [6.45, 7) is 10.1. The Morgan fingerprint density at radius 2 is 1.48 bits per heavy atom. The number of rotatable bonds is 13. The SMILES string of the molecule is CCCCCCCCCCCCOCN1C2=NCCCN2c2cc(C)c(C)cc21. The van der Waals surface area contributed by atoms with E-state index in [0.29, 0.717) is 6.73 Å². The Labute approximate surface area is 178 Å². The summed E-state index contributed by atoms with van der Waals surface area (Å²) in [5.41, 5.74) is 5.25. The number of guanidine groups is 1. The number of anilines is 2. The van der Waals surface area contributed by atoms with E-state index < -0.39 is 0 Å². The molecule has 0 spiro atoms. The zero-order valence-corrected chi connectivity index (χ0v) is 19.0. The van der Waals surface area contributed by atoms with Crippen LogP contribution in [0.1, 0.15) is 88.7 Å². The third kappa shape index (κ3) is 5.97. The molecule has 0 radical (unpaired) electrons. The van der Waals surface area contributed by atoms with E-state index in [4.69, 9.17) is 9.73 Å². The van der Waals surface area contributed by atoms with E-state index >= 15 is 0 Å². The van der Waals surface area contributed by atoms with Crippen LogP contribution in [0.4, 0.5) is 11.4 Å². The van der Waals surface area contributed by atoms with Crippen molar-refractivity contribution in [2.75, 3.05) is 36.2 Å². The number of hydrogen-bond donors (Lipinski definition) is 0. The normalized spacial score (nSPS) is 15.5. The molecule has 1 aromatic carbocycles. The Kier molecular flexibility index (Phi) is 8.85. The summed E-state index contributed by atoms with van der Waals surface area (Å²) in [6.07, 6.45) is 14.7. The monoisotopic (exact) mass is 399 g/mol. The van der Waals surface area contributed by atoms with Gasteiger partial charge < -0.3 is 9.64 Å². The molecule has 1 aromatic rings. The van der Waals surface area contributed by atoms with Gasteiger partial charge in [-0.25, -0.2) is 0 Å². The molecule has 0 N–H and O–H groups in total. The molecule has 4 nitrogen and oxygen atoms in total. The summed E-state index contributed by atoms with van der Waals surface area (Å²) < 4.78 is 6.08. The number of ether oxygens (including phenoxy) is 1. The molecule has 0 saturated heterocycles. The molecule has 2 aliphatic rings. The summed E-state index contributed by atoms with van der Waals surface area (Å²) >= 11 is 0. The van der Waals surface area contributed by atoms with Gasteiger partial charge in [-0.1, -0.05) is 64.7 Å². The lowest BCUT2D eigenvalue weighted by Gasteiger charge is -2.26. The van der Waals surface area contributed by atoms with Gasteiger partial charge in [0.05, 0.1) is 11.4 Å². The van der Waals surface area contributed by atoms with Gasteiger partial charge >= 0.3 is 0 Å². The first-order valence-corrected chi connectivity index (χ1v) is 12.0. The van der Waals surface area contributed by atoms with Crippen LogP contribution in [0.3, 0.4) is 0 Å². The fourth-order valence-corrected chi connectivity index (χ4v) is 4.35. The molecule has 0 bridgehead atoms. The van der Waals surface area contributed by atoms with Crippen molar-refractivity contribution in [1.82, 2.24) is 0 Å². The molecular weight excluding hydrogens is 358 g/mol. The molecule has 29 heavy (non-hydrogen) atoms. The van der Waals surface area contributed by atoms with Crippen LogP contribution >= 0.6 is 0 Å². The maximum Gasteiger partial charge on any atom is 0.207 e. The molecule has 2 heterocycles. The molecule has 0 atom stereocenters. The van der Waals surface area contributed by atoms with Gasteiger partial charge in [-0.15, -0.1) is 0 Å². The second-order valence-corrected chi connectivity index (χ2v) is 8.76. The topological polar surface area (TPSA) is 28.1 Å². The summed E-state index contributed by atoms with van der Waals surface area (Å²) in [4.78, 5) is 9.46. The summed E-state index contributed by atoms with van der Waals surface area (Å²) in [7, 11) is 0. The van der Waals surface area contributed by atoms with Crippen LogP contribution in [-0.2, 0) is 4.74 Å². The van der Waals surface area contributed by atoms with Crippen LogP contribution in [0, 0.1) is 13.8 Å². The number of nitrogens with zero attached hydrogens (tertiary/aromatic N) is 3. The zero-order chi connectivity index (χ0) is 20.5. The zero-order valence-electron chi connectivity index (χ0n) is 19.0. The van der Waals surface area contributed by atoms with Gasteiger partial charge in [0.25, 0.3) is 0 Å². The lowest BCUT2D eigenvalue weighted by atomic mass is 10.1. The average Bonchev–Trinajstić information content (AvgIpc) is 3.02. The predicted molar refractivity (Wildman–Crippen MR) is 125 cm³/mol. The standard InChI is InChI=1S/C25H41N3O/c1-4-5-6-7-8-9-10-11-12-13-17-29-20-28-24-19-22(3)21(2)18-23(24)27-16-14-15-26-25(27)28/h18-19H,4-17,20H2,1-3H3. The van der Waals surface area contributed by atoms with Gasteiger partial charge in [-0.05, 0) is 49.9 Å². The fraction of sp³-hybridized carbons (Fsp3) is 0.720. The molecule has 0 unspecified atom stereocenters. The van der Waals surface area contributed by atoms with Crippen LogP contribution in [0.25, 0.3) is 0 Å². The lowest BCUT2D eigenvalue weighted by Crippen LogP contribution is -2.42. The van der Waals surface area contributed by atoms with Crippen LogP contribution in [0.15, 0.2) is 17.1 Å². The van der Waals surface area contributed by atoms with Gasteiger partial charge in [-0.2, -0.15) is 0 Å². The van der Waals surface area contributed by atoms with Gasteiger partial charge in [0.2, 0.25) is 5.96 Å². The number of aryl methyl sites for hydroxylation is 2. The van der Waals surface area contributed by atoms with Gasteiger partial charge in [-0.3, -0.25) is 9.89 Å². The Balaban J connectivity index is 1.37. The maximum absolute atomic E-state index is 6.08. The number of benzene rings is 1. The summed E-state index contributed by atoms with van der Waals surface area (Å²) in [5.74, 6) is 1.08. The molecule has 0 amide bonds. The molecule has 2 aliphatic heterocycles. The number of hydrogen-bond acceptors (Lipinski definition) is 4. The lowest BCUT2D eigenvalue weighted by molar-refractivity contribution is 0.137. The number of aliphatic imine (C=N–C) groups is 1. The fourth-order valence-electron chi connectivity index (χ4n) is 4.35. The first kappa shape index (κ1) is 22.1. The molecule has 3 rings (SSSR count). The van der Waals surface area contributed by atoms with Crippen molar-refractivity contribution in [1.29, 1.82) is 0 Å². The molecule has 162 valence electrons. The molecule has 0 aromatic heterocycles. The van der Waals surface area contributed by atoms with E-state index in [-0.39, 0.29) is 0 Å². The van der Waals surface area contributed by atoms with Crippen LogP contribution < -0.4 is 9.80 Å². The largest absolute Gasteiger partial charge is 0.361 e. The van der Waals surface area contributed by atoms with E-state index in [1.54, 1.807) is 0 Å². The van der Waals surface area contributed by atoms with Crippen LogP contribution in [0.2, 0.25) is 0 Å². The molecule has 0 fully saturated rings. The van der Waals surface area contributed by atoms with Gasteiger partial charge in [0.15, 0.2) is 0 Å². The summed E-state index contributed by atoms with van der Waals surface area (Å²) in [6, 6.07) is 4.61. The average molecular weight is 400 g/mol. The molecular formula is C25H41N3O. The maximum atomic E-state index is 6.08. The third-order valence-corrected chi connectivity index (χ3v) is 6.31. The van der Waals surface area contributed by atoms with Crippen molar-refractivity contribution in [2.45, 2.75) is 91.4 Å². The first-order valence-electron chi connectivity index (χ1n) is 12.0. The van der Waals surface area contributed by atoms with Crippen molar-refractivity contribution in [2.24, 2.45) is 4.99 Å². The smallest absolute Gasteiger partial charge is 0.207 e. The minimum atomic E-state index is 0.613. The minimum Gasteiger partial charge on any atom is -0.361 e. The highest BCUT2D eigenvalue weighted by Crippen LogP contribution is 2.40. The number of unbranched alkanes of at least 4 members (excludes halogenated alkanes) is 9. The van der Waals surface area contributed by atoms with Crippen molar-refractivity contribution in [3.05, 3.63) is 23.3 Å². The highest BCUT2D eigenvalue weighted by atomic mass is 16.5. The van der Waals surface area contributed by atoms with Gasteiger partial charge in [0, 0.05) is 19.7 Å². The highest BCUT2D eigenvalue weighted by molar-refractivity contribution is 6.16. The quantitative estimate of drug-likeness (QED) is 0.350. The van der Waals surface area contributed by atoms with Crippen LogP contribution in [0.5, 0.6) is 0 Å². The van der Waals surface area contributed by atoms with E-state index in [0.717, 1.165) is 32.1 Å². The van der Waals surface area contributed by atoms with Crippen molar-refractivity contribution in [3.8, 4) is 0 Å². The Hall–Kier alpha value is -1.55. The van der Waals surface area contributed by atoms with Crippen molar-refractivity contribution >= 4 is 17.3 Å². The Morgan fingerprint density at radius 1 is 0.862 bits per heavy atom. The summed E-state index contributed by atoms with van der Waals surface area (Å²) in [5, 5.41) is 0. The van der Waals surface area contributed by atoms with E-state index in [9.17, 15) is 0 Å². The Bertz CT molecular complexity index is 670. The minimum absolute atomic E-state index is 0.613. The van der Waals surface area contributed by atoms with Crippen molar-refractivity contribution in [3.63, 3.8) is 0 Å². The van der Waals surface area contributed by atoms with E-state index in [2.05, 4.69) is 42.7 Å². The van der Waals surface area contributed by atoms with E-state index in [1.165, 1.54) is 86.7 Å². The molecule has 0 saturated carbocycles. The second-order valence-electron chi connectivity index (χ2n) is 8.76. The number of fused-ring (bicyclic) bond motifs is 3. The van der Waals surface area contributed by atoms with Gasteiger partial charge in [0.1, 0.15) is 6.73 Å². The highest BCUT2D eigenvalue weighted by Gasteiger charge is 2.34. The van der Waals surface area contributed by atoms with Crippen LogP contribution in [-0.4, -0.2) is 32.4 Å². The first-order chi connectivity index (χ1) is 14.2. The molecule has 0 aliphatic carbocycles. The predicted octanol–water partition coefficient (Wildman–Crippen LogP) is 6.58. The Morgan fingerprint density at radius 3 is 2.17 bits per heavy atom.